The van der Waals surface area contributed by atoms with Gasteiger partial charge in [-0.25, -0.2) is 0 Å². The molecule has 0 unspecified atom stereocenters. The summed E-state index contributed by atoms with van der Waals surface area (Å²) in [6.07, 6.45) is 4.26. The Hall–Kier alpha value is -0.830. The van der Waals surface area contributed by atoms with Gasteiger partial charge in [-0.05, 0) is 19.4 Å². The van der Waals surface area contributed by atoms with Crippen molar-refractivity contribution >= 4 is 5.91 Å². The molecule has 0 saturated carbocycles. The van der Waals surface area contributed by atoms with Crippen LogP contribution in [0.15, 0.2) is 12.2 Å². The molecule has 1 aliphatic rings. The van der Waals surface area contributed by atoms with Crippen LogP contribution in [0.2, 0.25) is 0 Å². The summed E-state index contributed by atoms with van der Waals surface area (Å²) in [6.45, 7) is 3.88. The Bertz CT molecular complexity index is 159. The van der Waals surface area contributed by atoms with Gasteiger partial charge in [0.15, 0.2) is 0 Å². The van der Waals surface area contributed by atoms with Crippen molar-refractivity contribution in [3.05, 3.63) is 12.2 Å². The van der Waals surface area contributed by atoms with Crippen LogP contribution in [0.4, 0.5) is 0 Å². The van der Waals surface area contributed by atoms with Gasteiger partial charge in [-0.3, -0.25) is 4.79 Å². The van der Waals surface area contributed by atoms with Crippen molar-refractivity contribution in [1.82, 2.24) is 4.90 Å². The Kier molecular flexibility index (Phi) is 3.11. The molecule has 11 heavy (non-hydrogen) atoms. The van der Waals surface area contributed by atoms with Gasteiger partial charge in [0.25, 0.3) is 0 Å². The normalized spacial score (nSPS) is 19.2. The van der Waals surface area contributed by atoms with Gasteiger partial charge in [0.05, 0.1) is 6.61 Å². The fourth-order valence-electron chi connectivity index (χ4n) is 1.02. The lowest BCUT2D eigenvalue weighted by Gasteiger charge is -2.25. The molecular weight excluding hydrogens is 142 g/mol. The van der Waals surface area contributed by atoms with Crippen LogP contribution in [0.25, 0.3) is 0 Å². The molecule has 0 spiro atoms. The van der Waals surface area contributed by atoms with Gasteiger partial charge in [-0.2, -0.15) is 0 Å². The molecule has 62 valence electrons. The van der Waals surface area contributed by atoms with Crippen LogP contribution in [-0.4, -0.2) is 30.7 Å². The highest BCUT2D eigenvalue weighted by atomic mass is 16.5. The number of hydrogen-bond donors (Lipinski definition) is 0. The molecule has 1 amide bonds. The topological polar surface area (TPSA) is 29.5 Å². The highest BCUT2D eigenvalue weighted by Gasteiger charge is 2.13. The molecule has 1 rings (SSSR count). The second-order valence-corrected chi connectivity index (χ2v) is 2.49. The first-order valence-electron chi connectivity index (χ1n) is 3.84. The Morgan fingerprint density at radius 1 is 1.64 bits per heavy atom. The van der Waals surface area contributed by atoms with Gasteiger partial charge < -0.3 is 9.64 Å². The Morgan fingerprint density at radius 2 is 2.45 bits per heavy atom. The number of allylic oxidation sites excluding steroid dienone is 1. The molecule has 0 radical (unpaired) electrons. The van der Waals surface area contributed by atoms with E-state index >= 15 is 0 Å². The quantitative estimate of drug-likeness (QED) is 0.523. The summed E-state index contributed by atoms with van der Waals surface area (Å²) >= 11 is 0. The van der Waals surface area contributed by atoms with Crippen LogP contribution in [0.3, 0.4) is 0 Å². The molecule has 0 N–H and O–H groups in total. The molecule has 1 heterocycles. The zero-order chi connectivity index (χ0) is 8.10. The van der Waals surface area contributed by atoms with Crippen LogP contribution < -0.4 is 0 Å². The molecule has 0 aliphatic carbocycles. The predicted octanol–water partition coefficient (Wildman–Crippen LogP) is 0.769. The van der Waals surface area contributed by atoms with E-state index in [0.717, 1.165) is 19.6 Å². The van der Waals surface area contributed by atoms with E-state index in [-0.39, 0.29) is 5.91 Å². The summed E-state index contributed by atoms with van der Waals surface area (Å²) < 4.78 is 5.12. The zero-order valence-electron chi connectivity index (χ0n) is 6.75. The third kappa shape index (κ3) is 2.35. The van der Waals surface area contributed by atoms with E-state index in [1.165, 1.54) is 0 Å². The first-order valence-corrected chi connectivity index (χ1v) is 3.84. The van der Waals surface area contributed by atoms with Crippen LogP contribution in [0.1, 0.15) is 13.3 Å². The third-order valence-electron chi connectivity index (χ3n) is 1.58. The maximum Gasteiger partial charge on any atom is 0.248 e. The van der Waals surface area contributed by atoms with E-state index in [1.807, 2.05) is 6.92 Å². The summed E-state index contributed by atoms with van der Waals surface area (Å²) in [6, 6.07) is 0. The van der Waals surface area contributed by atoms with Gasteiger partial charge in [0.2, 0.25) is 5.91 Å². The van der Waals surface area contributed by atoms with E-state index < -0.39 is 0 Å². The van der Waals surface area contributed by atoms with Crippen molar-refractivity contribution in [3.8, 4) is 0 Å². The predicted molar refractivity (Wildman–Crippen MR) is 42.0 cm³/mol. The second-order valence-electron chi connectivity index (χ2n) is 2.49. The number of ether oxygens (including phenoxy) is 1. The fraction of sp³-hybridized carbons (Fsp3) is 0.625. The Morgan fingerprint density at radius 3 is 3.00 bits per heavy atom. The highest BCUT2D eigenvalue weighted by Crippen LogP contribution is 2.01. The van der Waals surface area contributed by atoms with E-state index in [2.05, 4.69) is 0 Å². The smallest absolute Gasteiger partial charge is 0.248 e. The Balaban J connectivity index is 2.38. The summed E-state index contributed by atoms with van der Waals surface area (Å²) in [5.74, 6) is 0.0483. The van der Waals surface area contributed by atoms with Crippen molar-refractivity contribution in [2.24, 2.45) is 0 Å². The monoisotopic (exact) mass is 155 g/mol. The number of rotatable bonds is 1. The number of hydrogen-bond acceptors (Lipinski definition) is 2. The van der Waals surface area contributed by atoms with Crippen molar-refractivity contribution in [2.45, 2.75) is 13.3 Å². The average Bonchev–Trinajstić information content (AvgIpc) is 2.07. The van der Waals surface area contributed by atoms with E-state index in [4.69, 9.17) is 4.74 Å². The molecule has 0 aromatic carbocycles. The van der Waals surface area contributed by atoms with Crippen LogP contribution in [0, 0.1) is 0 Å². The molecule has 1 saturated heterocycles. The van der Waals surface area contributed by atoms with E-state index in [1.54, 1.807) is 17.1 Å². The van der Waals surface area contributed by atoms with Crippen molar-refractivity contribution in [3.63, 3.8) is 0 Å². The van der Waals surface area contributed by atoms with Crippen molar-refractivity contribution < 1.29 is 9.53 Å². The lowest BCUT2D eigenvalue weighted by molar-refractivity contribution is -0.135. The minimum absolute atomic E-state index is 0.0483. The lowest BCUT2D eigenvalue weighted by Crippen LogP contribution is -2.37. The molecule has 3 nitrogen and oxygen atoms in total. The zero-order valence-corrected chi connectivity index (χ0v) is 6.75. The molecule has 1 fully saturated rings. The second kappa shape index (κ2) is 4.13. The minimum Gasteiger partial charge on any atom is -0.361 e. The van der Waals surface area contributed by atoms with Gasteiger partial charge in [-0.1, -0.05) is 6.08 Å². The van der Waals surface area contributed by atoms with Gasteiger partial charge in [-0.15, -0.1) is 0 Å². The van der Waals surface area contributed by atoms with Gasteiger partial charge in [0, 0.05) is 6.54 Å². The summed E-state index contributed by atoms with van der Waals surface area (Å²) in [4.78, 5) is 12.9. The van der Waals surface area contributed by atoms with E-state index in [9.17, 15) is 4.79 Å². The summed E-state index contributed by atoms with van der Waals surface area (Å²) in [5, 5.41) is 0. The van der Waals surface area contributed by atoms with Crippen molar-refractivity contribution in [1.29, 1.82) is 0 Å². The molecule has 0 atom stereocenters. The SMILES string of the molecule is C/C=C/C(=O)N1CCCOC1. The number of amides is 1. The number of carbonyl (C=O) groups is 1. The maximum absolute atomic E-state index is 11.2. The summed E-state index contributed by atoms with van der Waals surface area (Å²) in [5.41, 5.74) is 0. The largest absolute Gasteiger partial charge is 0.361 e. The van der Waals surface area contributed by atoms with Crippen LogP contribution >= 0.6 is 0 Å². The summed E-state index contributed by atoms with van der Waals surface area (Å²) in [7, 11) is 0. The molecule has 0 bridgehead atoms. The van der Waals surface area contributed by atoms with Crippen molar-refractivity contribution in [2.75, 3.05) is 19.9 Å². The van der Waals surface area contributed by atoms with Gasteiger partial charge >= 0.3 is 0 Å². The van der Waals surface area contributed by atoms with Crippen LogP contribution in [0.5, 0.6) is 0 Å². The van der Waals surface area contributed by atoms with E-state index in [0.29, 0.717) is 6.73 Å². The highest BCUT2D eigenvalue weighted by molar-refractivity contribution is 5.87. The number of nitrogens with zero attached hydrogens (tertiary/aromatic N) is 1. The lowest BCUT2D eigenvalue weighted by atomic mass is 10.3. The molecular formula is C8H13NO2. The maximum atomic E-state index is 11.2. The molecule has 0 aromatic rings. The van der Waals surface area contributed by atoms with Crippen LogP contribution in [-0.2, 0) is 9.53 Å². The average molecular weight is 155 g/mol. The standard InChI is InChI=1S/C8H13NO2/c1-2-4-8(10)9-5-3-6-11-7-9/h2,4H,3,5-7H2,1H3/b4-2+. The first-order chi connectivity index (χ1) is 5.34. The fourth-order valence-corrected chi connectivity index (χ4v) is 1.02. The Labute approximate surface area is 66.6 Å². The molecule has 3 heteroatoms. The first kappa shape index (κ1) is 8.27. The third-order valence-corrected chi connectivity index (χ3v) is 1.58. The molecule has 0 aromatic heterocycles. The van der Waals surface area contributed by atoms with Gasteiger partial charge in [0.1, 0.15) is 6.73 Å². The number of carbonyl (C=O) groups excluding carboxylic acids is 1. The molecule has 1 aliphatic heterocycles. The minimum atomic E-state index is 0.0483.